The van der Waals surface area contributed by atoms with Crippen LogP contribution in [0.3, 0.4) is 0 Å². The van der Waals surface area contributed by atoms with E-state index in [0.717, 1.165) is 36.8 Å². The average Bonchev–Trinajstić information content (AvgIpc) is 2.90. The molecule has 0 bridgehead atoms. The number of fused-ring (bicyclic) bond motifs is 1. The first-order valence-electron chi connectivity index (χ1n) is 7.68. The number of aromatic amines is 1. The molecule has 3 rings (SSSR count). The van der Waals surface area contributed by atoms with E-state index in [1.54, 1.807) is 0 Å². The summed E-state index contributed by atoms with van der Waals surface area (Å²) in [5.74, 6) is 0.137. The van der Waals surface area contributed by atoms with E-state index in [1.165, 1.54) is 6.42 Å². The molecule has 4 heteroatoms. The molecule has 2 heterocycles. The molecule has 2 aromatic rings. The number of para-hydroxylation sites is 1. The number of piperidine rings is 1. The first-order valence-corrected chi connectivity index (χ1v) is 7.68. The van der Waals surface area contributed by atoms with Crippen molar-refractivity contribution < 1.29 is 4.79 Å². The monoisotopic (exact) mass is 285 g/mol. The quantitative estimate of drug-likeness (QED) is 0.942. The molecule has 1 aliphatic rings. The summed E-state index contributed by atoms with van der Waals surface area (Å²) < 4.78 is 0. The smallest absolute Gasteiger partial charge is 0.270 e. The first-order chi connectivity index (χ1) is 10.1. The van der Waals surface area contributed by atoms with E-state index < -0.39 is 0 Å². The van der Waals surface area contributed by atoms with E-state index in [9.17, 15) is 4.79 Å². The molecule has 0 unspecified atom stereocenters. The summed E-state index contributed by atoms with van der Waals surface area (Å²) in [6.07, 6.45) is 3.43. The number of carbonyl (C=O) groups excluding carboxylic acids is 1. The molecular formula is C17H23N3O. The minimum atomic E-state index is 0.137. The van der Waals surface area contributed by atoms with E-state index in [1.807, 2.05) is 35.2 Å². The van der Waals surface area contributed by atoms with Gasteiger partial charge in [0.1, 0.15) is 5.69 Å². The zero-order valence-electron chi connectivity index (χ0n) is 12.8. The van der Waals surface area contributed by atoms with Crippen LogP contribution in [0.4, 0.5) is 0 Å². The number of aromatic nitrogens is 1. The molecule has 1 aromatic heterocycles. The number of hydrogen-bond acceptors (Lipinski definition) is 2. The molecule has 1 atom stereocenters. The first kappa shape index (κ1) is 14.1. The zero-order chi connectivity index (χ0) is 14.8. The third-order valence-corrected chi connectivity index (χ3v) is 4.22. The third-order valence-electron chi connectivity index (χ3n) is 4.22. The van der Waals surface area contributed by atoms with Crippen LogP contribution < -0.4 is 0 Å². The van der Waals surface area contributed by atoms with Crippen molar-refractivity contribution in [2.75, 3.05) is 27.2 Å². The Morgan fingerprint density at radius 3 is 2.90 bits per heavy atom. The number of rotatable bonds is 3. The van der Waals surface area contributed by atoms with E-state index >= 15 is 0 Å². The van der Waals surface area contributed by atoms with Gasteiger partial charge < -0.3 is 14.8 Å². The second-order valence-electron chi connectivity index (χ2n) is 6.18. The molecule has 1 aliphatic heterocycles. The maximum Gasteiger partial charge on any atom is 0.270 e. The zero-order valence-corrected chi connectivity index (χ0v) is 12.8. The van der Waals surface area contributed by atoms with Gasteiger partial charge in [0.25, 0.3) is 5.91 Å². The summed E-state index contributed by atoms with van der Waals surface area (Å²) in [6.45, 7) is 1.80. The molecule has 4 nitrogen and oxygen atoms in total. The van der Waals surface area contributed by atoms with E-state index in [4.69, 9.17) is 0 Å². The Morgan fingerprint density at radius 2 is 2.14 bits per heavy atom. The Bertz CT molecular complexity index is 599. The van der Waals surface area contributed by atoms with Crippen LogP contribution in [0.1, 0.15) is 29.8 Å². The Kier molecular flexibility index (Phi) is 3.97. The number of nitrogens with zero attached hydrogens (tertiary/aromatic N) is 2. The minimum absolute atomic E-state index is 0.137. The van der Waals surface area contributed by atoms with Crippen LogP contribution >= 0.6 is 0 Å². The molecule has 0 spiro atoms. The van der Waals surface area contributed by atoms with Crippen LogP contribution in [0.2, 0.25) is 0 Å². The lowest BCUT2D eigenvalue weighted by atomic mass is 10.0. The Balaban J connectivity index is 1.84. The van der Waals surface area contributed by atoms with Gasteiger partial charge in [-0.2, -0.15) is 0 Å². The lowest BCUT2D eigenvalue weighted by Crippen LogP contribution is -2.48. The van der Waals surface area contributed by atoms with E-state index in [2.05, 4.69) is 24.0 Å². The lowest BCUT2D eigenvalue weighted by Gasteiger charge is -2.37. The summed E-state index contributed by atoms with van der Waals surface area (Å²) in [7, 11) is 4.14. The van der Waals surface area contributed by atoms with Crippen molar-refractivity contribution in [1.29, 1.82) is 0 Å². The van der Waals surface area contributed by atoms with Gasteiger partial charge in [-0.1, -0.05) is 18.2 Å². The van der Waals surface area contributed by atoms with Crippen molar-refractivity contribution in [1.82, 2.24) is 14.8 Å². The maximum absolute atomic E-state index is 12.8. The van der Waals surface area contributed by atoms with Crippen LogP contribution in [0, 0.1) is 0 Å². The summed E-state index contributed by atoms with van der Waals surface area (Å²) in [4.78, 5) is 20.3. The van der Waals surface area contributed by atoms with Crippen molar-refractivity contribution in [2.24, 2.45) is 0 Å². The number of amides is 1. The lowest BCUT2D eigenvalue weighted by molar-refractivity contribution is 0.0570. The fourth-order valence-corrected chi connectivity index (χ4v) is 3.22. The molecule has 0 aliphatic carbocycles. The molecule has 1 amide bonds. The standard InChI is InChI=1S/C17H23N3O/c1-19(2)12-14-8-5-6-10-20(14)17(21)16-11-13-7-3-4-9-15(13)18-16/h3-4,7,9,11,14,18H,5-6,8,10,12H2,1-2H3/t14-/m0/s1. The third kappa shape index (κ3) is 2.95. The van der Waals surface area contributed by atoms with Crippen molar-refractivity contribution in [3.05, 3.63) is 36.0 Å². The van der Waals surface area contributed by atoms with Gasteiger partial charge in [0, 0.05) is 30.0 Å². The van der Waals surface area contributed by atoms with Crippen molar-refractivity contribution in [2.45, 2.75) is 25.3 Å². The SMILES string of the molecule is CN(C)C[C@@H]1CCCCN1C(=O)c1cc2ccccc2[nH]1. The van der Waals surface area contributed by atoms with E-state index in [-0.39, 0.29) is 5.91 Å². The molecule has 1 fully saturated rings. The van der Waals surface area contributed by atoms with Crippen LogP contribution in [0.5, 0.6) is 0 Å². The highest BCUT2D eigenvalue weighted by atomic mass is 16.2. The number of benzene rings is 1. The number of nitrogens with one attached hydrogen (secondary N) is 1. The molecule has 21 heavy (non-hydrogen) atoms. The predicted molar refractivity (Wildman–Crippen MR) is 85.5 cm³/mol. The van der Waals surface area contributed by atoms with Crippen LogP contribution in [0.15, 0.2) is 30.3 Å². The van der Waals surface area contributed by atoms with Gasteiger partial charge in [0.15, 0.2) is 0 Å². The summed E-state index contributed by atoms with van der Waals surface area (Å²) in [5.41, 5.74) is 1.74. The summed E-state index contributed by atoms with van der Waals surface area (Å²) in [6, 6.07) is 10.3. The summed E-state index contributed by atoms with van der Waals surface area (Å²) in [5, 5.41) is 1.10. The molecule has 1 N–H and O–H groups in total. The topological polar surface area (TPSA) is 39.3 Å². The Labute approximate surface area is 125 Å². The molecule has 0 radical (unpaired) electrons. The van der Waals surface area contributed by atoms with Crippen molar-refractivity contribution >= 4 is 16.8 Å². The second-order valence-corrected chi connectivity index (χ2v) is 6.18. The molecule has 112 valence electrons. The van der Waals surface area contributed by atoms with Crippen LogP contribution in [0.25, 0.3) is 10.9 Å². The minimum Gasteiger partial charge on any atom is -0.351 e. The molecular weight excluding hydrogens is 262 g/mol. The Morgan fingerprint density at radius 1 is 1.33 bits per heavy atom. The van der Waals surface area contributed by atoms with Crippen LogP contribution in [-0.2, 0) is 0 Å². The molecule has 0 saturated carbocycles. The van der Waals surface area contributed by atoms with Gasteiger partial charge in [-0.3, -0.25) is 4.79 Å². The van der Waals surface area contributed by atoms with Gasteiger partial charge in [0.05, 0.1) is 0 Å². The van der Waals surface area contributed by atoms with Gasteiger partial charge in [-0.15, -0.1) is 0 Å². The highest BCUT2D eigenvalue weighted by Gasteiger charge is 2.28. The fourth-order valence-electron chi connectivity index (χ4n) is 3.22. The van der Waals surface area contributed by atoms with Gasteiger partial charge >= 0.3 is 0 Å². The second kappa shape index (κ2) is 5.90. The van der Waals surface area contributed by atoms with Crippen LogP contribution in [-0.4, -0.2) is 53.9 Å². The molecule has 1 aromatic carbocycles. The highest BCUT2D eigenvalue weighted by molar-refractivity contribution is 5.98. The van der Waals surface area contributed by atoms with E-state index in [0.29, 0.717) is 11.7 Å². The Hall–Kier alpha value is -1.81. The summed E-state index contributed by atoms with van der Waals surface area (Å²) >= 11 is 0. The largest absolute Gasteiger partial charge is 0.351 e. The average molecular weight is 285 g/mol. The number of likely N-dealkylation sites (N-methyl/N-ethyl adjacent to an activating group) is 1. The molecule has 1 saturated heterocycles. The predicted octanol–water partition coefficient (Wildman–Crippen LogP) is 2.72. The van der Waals surface area contributed by atoms with Gasteiger partial charge in [0.2, 0.25) is 0 Å². The number of carbonyl (C=O) groups is 1. The maximum atomic E-state index is 12.8. The normalized spacial score (nSPS) is 19.4. The number of hydrogen-bond donors (Lipinski definition) is 1. The van der Waals surface area contributed by atoms with Gasteiger partial charge in [-0.25, -0.2) is 0 Å². The van der Waals surface area contributed by atoms with Crippen molar-refractivity contribution in [3.8, 4) is 0 Å². The fraction of sp³-hybridized carbons (Fsp3) is 0.471. The van der Waals surface area contributed by atoms with Crippen molar-refractivity contribution in [3.63, 3.8) is 0 Å². The number of likely N-dealkylation sites (tertiary alicyclic amines) is 1. The number of H-pyrrole nitrogens is 1. The van der Waals surface area contributed by atoms with Gasteiger partial charge in [-0.05, 0) is 45.5 Å². The highest BCUT2D eigenvalue weighted by Crippen LogP contribution is 2.22.